The second-order valence-electron chi connectivity index (χ2n) is 5.39. The number of nitrogens with one attached hydrogen (secondary N) is 1. The van der Waals surface area contributed by atoms with Gasteiger partial charge in [-0.2, -0.15) is 8.78 Å². The summed E-state index contributed by atoms with van der Waals surface area (Å²) in [6.45, 7) is 1.47. The molecule has 0 saturated carbocycles. The lowest BCUT2D eigenvalue weighted by Gasteiger charge is -2.28. The summed E-state index contributed by atoms with van der Waals surface area (Å²) in [5.41, 5.74) is 1.40. The molecular weight excluding hydrogens is 328 g/mol. The van der Waals surface area contributed by atoms with Gasteiger partial charge in [0, 0.05) is 31.0 Å². The molecule has 1 atom stereocenters. The van der Waals surface area contributed by atoms with Gasteiger partial charge in [-0.1, -0.05) is 24.3 Å². The number of hydrogen-bond acceptors (Lipinski definition) is 3. The van der Waals surface area contributed by atoms with Crippen molar-refractivity contribution in [1.82, 2.24) is 15.2 Å². The number of hydrogen-bond donors (Lipinski definition) is 1. The molecule has 0 aliphatic heterocycles. The van der Waals surface area contributed by atoms with Crippen LogP contribution in [-0.2, 0) is 6.54 Å². The molecule has 7 heteroatoms. The number of alkyl halides is 2. The molecule has 0 aliphatic carbocycles. The van der Waals surface area contributed by atoms with Crippen molar-refractivity contribution >= 4 is 6.03 Å². The Morgan fingerprint density at radius 2 is 2.04 bits per heavy atom. The van der Waals surface area contributed by atoms with E-state index in [-0.39, 0.29) is 24.4 Å². The minimum Gasteiger partial charge on any atom is -0.434 e. The molecule has 5 nitrogen and oxygen atoms in total. The smallest absolute Gasteiger partial charge is 0.387 e. The lowest BCUT2D eigenvalue weighted by Crippen LogP contribution is -2.41. The van der Waals surface area contributed by atoms with Gasteiger partial charge in [-0.25, -0.2) is 4.79 Å². The maximum absolute atomic E-state index is 12.5. The van der Waals surface area contributed by atoms with Crippen LogP contribution < -0.4 is 10.1 Å². The van der Waals surface area contributed by atoms with E-state index in [4.69, 9.17) is 0 Å². The van der Waals surface area contributed by atoms with Gasteiger partial charge in [-0.15, -0.1) is 0 Å². The molecule has 1 heterocycles. The van der Waals surface area contributed by atoms with Crippen LogP contribution >= 0.6 is 0 Å². The molecular formula is C18H21F2N3O2. The molecule has 0 spiro atoms. The predicted octanol–water partition coefficient (Wildman–Crippen LogP) is 3.98. The summed E-state index contributed by atoms with van der Waals surface area (Å²) in [6.07, 6.45) is 3.39. The highest BCUT2D eigenvalue weighted by atomic mass is 19.3. The van der Waals surface area contributed by atoms with Crippen molar-refractivity contribution < 1.29 is 18.3 Å². The molecule has 2 rings (SSSR count). The van der Waals surface area contributed by atoms with Crippen molar-refractivity contribution in [2.75, 3.05) is 6.54 Å². The minimum absolute atomic E-state index is 0.0566. The molecule has 0 aliphatic rings. The predicted molar refractivity (Wildman–Crippen MR) is 90.3 cm³/mol. The maximum atomic E-state index is 12.5. The summed E-state index contributed by atoms with van der Waals surface area (Å²) in [4.78, 5) is 18.2. The lowest BCUT2D eigenvalue weighted by molar-refractivity contribution is -0.0504. The third-order valence-corrected chi connectivity index (χ3v) is 3.85. The standard InChI is InChI=1S/C18H21F2N3O2/c1-3-23(13(2)14-8-6-10-21-11-14)18(24)22-12-15-7-4-5-9-16(15)25-17(19)20/h4-11,13,17H,3,12H2,1-2H3,(H,22,24)/t13-/m0/s1. The molecule has 2 amide bonds. The van der Waals surface area contributed by atoms with Crippen LogP contribution in [0.4, 0.5) is 13.6 Å². The zero-order chi connectivity index (χ0) is 18.2. The number of aromatic nitrogens is 1. The molecule has 2 aromatic rings. The fourth-order valence-corrected chi connectivity index (χ4v) is 2.53. The van der Waals surface area contributed by atoms with Gasteiger partial charge < -0.3 is 15.0 Å². The molecule has 134 valence electrons. The van der Waals surface area contributed by atoms with Crippen LogP contribution in [-0.4, -0.2) is 29.1 Å². The first kappa shape index (κ1) is 18.6. The number of amides is 2. The Kier molecular flexibility index (Phi) is 6.68. The fourth-order valence-electron chi connectivity index (χ4n) is 2.53. The second kappa shape index (κ2) is 8.96. The number of halogens is 2. The number of benzene rings is 1. The first-order valence-corrected chi connectivity index (χ1v) is 8.00. The summed E-state index contributed by atoms with van der Waals surface area (Å²) >= 11 is 0. The molecule has 25 heavy (non-hydrogen) atoms. The summed E-state index contributed by atoms with van der Waals surface area (Å²) < 4.78 is 29.4. The lowest BCUT2D eigenvalue weighted by atomic mass is 10.1. The summed E-state index contributed by atoms with van der Waals surface area (Å²) in [7, 11) is 0. The number of carbonyl (C=O) groups excluding carboxylic acids is 1. The van der Waals surface area contributed by atoms with Gasteiger partial charge in [0.1, 0.15) is 5.75 Å². The summed E-state index contributed by atoms with van der Waals surface area (Å²) in [5, 5.41) is 2.76. The number of carbonyl (C=O) groups is 1. The van der Waals surface area contributed by atoms with Crippen LogP contribution in [0.2, 0.25) is 0 Å². The number of nitrogens with zero attached hydrogens (tertiary/aromatic N) is 2. The zero-order valence-electron chi connectivity index (χ0n) is 14.2. The molecule has 0 unspecified atom stereocenters. The molecule has 1 N–H and O–H groups in total. The number of para-hydroxylation sites is 1. The van der Waals surface area contributed by atoms with E-state index in [0.29, 0.717) is 12.1 Å². The van der Waals surface area contributed by atoms with Crippen LogP contribution in [0.25, 0.3) is 0 Å². The van der Waals surface area contributed by atoms with Crippen molar-refractivity contribution in [2.45, 2.75) is 33.0 Å². The van der Waals surface area contributed by atoms with E-state index in [0.717, 1.165) is 5.56 Å². The second-order valence-corrected chi connectivity index (χ2v) is 5.39. The highest BCUT2D eigenvalue weighted by molar-refractivity contribution is 5.74. The highest BCUT2D eigenvalue weighted by Crippen LogP contribution is 2.21. The largest absolute Gasteiger partial charge is 0.434 e. The monoisotopic (exact) mass is 349 g/mol. The highest BCUT2D eigenvalue weighted by Gasteiger charge is 2.20. The van der Waals surface area contributed by atoms with Crippen molar-refractivity contribution in [3.05, 3.63) is 59.9 Å². The van der Waals surface area contributed by atoms with Gasteiger partial charge in [-0.3, -0.25) is 4.98 Å². The Bertz CT molecular complexity index is 683. The van der Waals surface area contributed by atoms with E-state index >= 15 is 0 Å². The van der Waals surface area contributed by atoms with Crippen LogP contribution in [0.5, 0.6) is 5.75 Å². The normalized spacial score (nSPS) is 11.9. The van der Waals surface area contributed by atoms with E-state index in [1.165, 1.54) is 6.07 Å². The molecule has 0 saturated heterocycles. The Labute approximate surface area is 145 Å². The van der Waals surface area contributed by atoms with Gasteiger partial charge in [0.25, 0.3) is 0 Å². The van der Waals surface area contributed by atoms with E-state index in [1.807, 2.05) is 26.0 Å². The summed E-state index contributed by atoms with van der Waals surface area (Å²) in [6, 6.07) is 9.66. The van der Waals surface area contributed by atoms with Gasteiger partial charge in [0.05, 0.1) is 6.04 Å². The number of rotatable bonds is 7. The first-order valence-electron chi connectivity index (χ1n) is 8.00. The third-order valence-electron chi connectivity index (χ3n) is 3.85. The van der Waals surface area contributed by atoms with E-state index < -0.39 is 6.61 Å². The zero-order valence-corrected chi connectivity index (χ0v) is 14.2. The van der Waals surface area contributed by atoms with Gasteiger partial charge in [0.2, 0.25) is 0 Å². The van der Waals surface area contributed by atoms with Gasteiger partial charge in [0.15, 0.2) is 0 Å². The van der Waals surface area contributed by atoms with Gasteiger partial charge in [-0.05, 0) is 31.5 Å². The number of pyridine rings is 1. The maximum Gasteiger partial charge on any atom is 0.387 e. The minimum atomic E-state index is -2.91. The molecule has 0 bridgehead atoms. The molecule has 0 fully saturated rings. The average molecular weight is 349 g/mol. The Morgan fingerprint density at radius 1 is 1.28 bits per heavy atom. The van der Waals surface area contributed by atoms with Crippen molar-refractivity contribution in [3.8, 4) is 5.75 Å². The Balaban J connectivity index is 2.03. The van der Waals surface area contributed by atoms with E-state index in [9.17, 15) is 13.6 Å². The fraction of sp³-hybridized carbons (Fsp3) is 0.333. The van der Waals surface area contributed by atoms with Crippen molar-refractivity contribution in [2.24, 2.45) is 0 Å². The van der Waals surface area contributed by atoms with Gasteiger partial charge >= 0.3 is 12.6 Å². The Hall–Kier alpha value is -2.70. The topological polar surface area (TPSA) is 54.5 Å². The van der Waals surface area contributed by atoms with Crippen LogP contribution in [0.15, 0.2) is 48.8 Å². The Morgan fingerprint density at radius 3 is 2.68 bits per heavy atom. The molecule has 0 radical (unpaired) electrons. The summed E-state index contributed by atoms with van der Waals surface area (Å²) in [5.74, 6) is 0.0566. The SMILES string of the molecule is CCN(C(=O)NCc1ccccc1OC(F)F)[C@@H](C)c1cccnc1. The van der Waals surface area contributed by atoms with Crippen molar-refractivity contribution in [1.29, 1.82) is 0 Å². The van der Waals surface area contributed by atoms with Crippen LogP contribution in [0.1, 0.15) is 31.0 Å². The number of urea groups is 1. The van der Waals surface area contributed by atoms with Crippen LogP contribution in [0, 0.1) is 0 Å². The molecule has 1 aromatic carbocycles. The molecule has 1 aromatic heterocycles. The van der Waals surface area contributed by atoms with E-state index in [1.54, 1.807) is 35.5 Å². The third kappa shape index (κ3) is 5.14. The quantitative estimate of drug-likeness (QED) is 0.823. The van der Waals surface area contributed by atoms with Crippen molar-refractivity contribution in [3.63, 3.8) is 0 Å². The first-order chi connectivity index (χ1) is 12.0. The number of ether oxygens (including phenoxy) is 1. The van der Waals surface area contributed by atoms with Crippen LogP contribution in [0.3, 0.4) is 0 Å². The average Bonchev–Trinajstić information content (AvgIpc) is 2.61. The van der Waals surface area contributed by atoms with E-state index in [2.05, 4.69) is 15.0 Å².